The van der Waals surface area contributed by atoms with E-state index < -0.39 is 0 Å². The van der Waals surface area contributed by atoms with Crippen molar-refractivity contribution in [3.05, 3.63) is 22.4 Å². The van der Waals surface area contributed by atoms with Crippen LogP contribution in [-0.4, -0.2) is 36.6 Å². The molecule has 17 heavy (non-hydrogen) atoms. The van der Waals surface area contributed by atoms with Crippen molar-refractivity contribution < 1.29 is 0 Å². The highest BCUT2D eigenvalue weighted by Crippen LogP contribution is 2.40. The van der Waals surface area contributed by atoms with Crippen LogP contribution in [0.3, 0.4) is 0 Å². The van der Waals surface area contributed by atoms with Crippen molar-refractivity contribution >= 4 is 11.3 Å². The molecule has 2 aliphatic rings. The first-order valence-corrected chi connectivity index (χ1v) is 7.54. The van der Waals surface area contributed by atoms with Crippen molar-refractivity contribution in [3.8, 4) is 0 Å². The van der Waals surface area contributed by atoms with Gasteiger partial charge in [0.1, 0.15) is 0 Å². The Hall–Kier alpha value is -0.380. The monoisotopic (exact) mass is 250 g/mol. The minimum Gasteiger partial charge on any atom is -0.316 e. The first kappa shape index (κ1) is 11.7. The van der Waals surface area contributed by atoms with Crippen LogP contribution in [0.4, 0.5) is 0 Å². The maximum Gasteiger partial charge on any atom is 0.0197 e. The molecule has 3 heteroatoms. The number of thiophene rings is 1. The van der Waals surface area contributed by atoms with Gasteiger partial charge in [0.2, 0.25) is 0 Å². The second-order valence-corrected chi connectivity index (χ2v) is 6.99. The summed E-state index contributed by atoms with van der Waals surface area (Å²) >= 11 is 1.89. The van der Waals surface area contributed by atoms with Gasteiger partial charge in [-0.05, 0) is 50.1 Å². The zero-order valence-electron chi connectivity index (χ0n) is 10.8. The summed E-state index contributed by atoms with van der Waals surface area (Å²) < 4.78 is 0. The number of rotatable bonds is 3. The number of likely N-dealkylation sites (tertiary alicyclic amines) is 1. The van der Waals surface area contributed by atoms with Crippen molar-refractivity contribution in [2.24, 2.45) is 11.8 Å². The van der Waals surface area contributed by atoms with Gasteiger partial charge in [-0.25, -0.2) is 0 Å². The molecule has 1 aromatic heterocycles. The summed E-state index contributed by atoms with van der Waals surface area (Å²) in [5.74, 6) is 1.74. The first-order chi connectivity index (χ1) is 8.18. The van der Waals surface area contributed by atoms with Crippen molar-refractivity contribution in [1.29, 1.82) is 0 Å². The van der Waals surface area contributed by atoms with Crippen LogP contribution in [0.1, 0.15) is 18.7 Å². The predicted octanol–water partition coefficient (Wildman–Crippen LogP) is 2.22. The highest BCUT2D eigenvalue weighted by molar-refractivity contribution is 7.09. The molecular formula is C14H22N2S. The molecule has 2 aliphatic heterocycles. The highest BCUT2D eigenvalue weighted by atomic mass is 32.1. The molecule has 0 spiro atoms. The molecule has 2 saturated heterocycles. The molecule has 0 aliphatic carbocycles. The van der Waals surface area contributed by atoms with Crippen molar-refractivity contribution in [3.63, 3.8) is 0 Å². The fraction of sp³-hybridized carbons (Fsp3) is 0.714. The molecule has 0 radical (unpaired) electrons. The van der Waals surface area contributed by atoms with Crippen LogP contribution < -0.4 is 5.32 Å². The number of hydrogen-bond donors (Lipinski definition) is 1. The molecule has 3 rings (SSSR count). The maximum absolute atomic E-state index is 3.55. The van der Waals surface area contributed by atoms with E-state index in [1.54, 1.807) is 0 Å². The first-order valence-electron chi connectivity index (χ1n) is 6.66. The molecule has 94 valence electrons. The Morgan fingerprint density at radius 3 is 3.06 bits per heavy atom. The van der Waals surface area contributed by atoms with E-state index in [-0.39, 0.29) is 0 Å². The SMILES string of the molecule is CC1(C)C2CNCC2CN1CCc1cccs1. The molecule has 2 atom stereocenters. The lowest BCUT2D eigenvalue weighted by molar-refractivity contribution is 0.142. The summed E-state index contributed by atoms with van der Waals surface area (Å²) in [6.07, 6.45) is 1.22. The Bertz CT molecular complexity index is 372. The Morgan fingerprint density at radius 2 is 2.35 bits per heavy atom. The van der Waals surface area contributed by atoms with Gasteiger partial charge in [-0.1, -0.05) is 6.07 Å². The average molecular weight is 250 g/mol. The largest absolute Gasteiger partial charge is 0.316 e. The molecule has 3 heterocycles. The van der Waals surface area contributed by atoms with E-state index >= 15 is 0 Å². The summed E-state index contributed by atoms with van der Waals surface area (Å²) in [7, 11) is 0. The van der Waals surface area contributed by atoms with Gasteiger partial charge in [-0.2, -0.15) is 0 Å². The maximum atomic E-state index is 3.55. The quantitative estimate of drug-likeness (QED) is 0.885. The van der Waals surface area contributed by atoms with Crippen LogP contribution in [0, 0.1) is 11.8 Å². The number of hydrogen-bond acceptors (Lipinski definition) is 3. The standard InChI is InChI=1S/C14H22N2S/c1-14(2)13-9-15-8-11(13)10-16(14)6-5-12-4-3-7-17-12/h3-4,7,11,13,15H,5-6,8-10H2,1-2H3. The molecule has 0 bridgehead atoms. The Kier molecular flexibility index (Phi) is 3.01. The molecule has 0 saturated carbocycles. The van der Waals surface area contributed by atoms with Gasteiger partial charge < -0.3 is 5.32 Å². The van der Waals surface area contributed by atoms with Gasteiger partial charge in [0.15, 0.2) is 0 Å². The van der Waals surface area contributed by atoms with Gasteiger partial charge in [0.05, 0.1) is 0 Å². The molecule has 2 unspecified atom stereocenters. The van der Waals surface area contributed by atoms with Crippen molar-refractivity contribution in [2.45, 2.75) is 25.8 Å². The van der Waals surface area contributed by atoms with E-state index in [0.717, 1.165) is 11.8 Å². The summed E-state index contributed by atoms with van der Waals surface area (Å²) in [4.78, 5) is 4.24. The molecule has 0 aromatic carbocycles. The topological polar surface area (TPSA) is 15.3 Å². The average Bonchev–Trinajstić information content (AvgIpc) is 2.96. The lowest BCUT2D eigenvalue weighted by Gasteiger charge is -2.35. The zero-order chi connectivity index (χ0) is 11.9. The molecule has 1 N–H and O–H groups in total. The summed E-state index contributed by atoms with van der Waals surface area (Å²) in [5, 5.41) is 5.73. The fourth-order valence-corrected chi connectivity index (χ4v) is 4.28. The van der Waals surface area contributed by atoms with Crippen LogP contribution in [0.15, 0.2) is 17.5 Å². The van der Waals surface area contributed by atoms with Crippen LogP contribution in [-0.2, 0) is 6.42 Å². The summed E-state index contributed by atoms with van der Waals surface area (Å²) in [5.41, 5.74) is 0.380. The van der Waals surface area contributed by atoms with Gasteiger partial charge in [0.25, 0.3) is 0 Å². The molecule has 2 nitrogen and oxygen atoms in total. The van der Waals surface area contributed by atoms with E-state index in [0.29, 0.717) is 5.54 Å². The summed E-state index contributed by atoms with van der Waals surface area (Å²) in [6, 6.07) is 4.42. The molecule has 0 amide bonds. The van der Waals surface area contributed by atoms with E-state index in [1.165, 1.54) is 37.5 Å². The van der Waals surface area contributed by atoms with Crippen LogP contribution >= 0.6 is 11.3 Å². The zero-order valence-corrected chi connectivity index (χ0v) is 11.6. The Morgan fingerprint density at radius 1 is 1.47 bits per heavy atom. The molecule has 2 fully saturated rings. The van der Waals surface area contributed by atoms with Gasteiger partial charge in [-0.3, -0.25) is 4.90 Å². The normalized spacial score (nSPS) is 31.9. The Labute approximate surface area is 108 Å². The third-order valence-corrected chi connectivity index (χ3v) is 5.66. The smallest absolute Gasteiger partial charge is 0.0197 e. The number of fused-ring (bicyclic) bond motifs is 1. The lowest BCUT2D eigenvalue weighted by Crippen LogP contribution is -2.45. The number of nitrogens with one attached hydrogen (secondary N) is 1. The third-order valence-electron chi connectivity index (χ3n) is 4.73. The number of nitrogens with zero attached hydrogens (tertiary/aromatic N) is 1. The van der Waals surface area contributed by atoms with E-state index in [1.807, 2.05) is 11.3 Å². The van der Waals surface area contributed by atoms with Gasteiger partial charge in [-0.15, -0.1) is 11.3 Å². The second-order valence-electron chi connectivity index (χ2n) is 5.95. The van der Waals surface area contributed by atoms with Crippen molar-refractivity contribution in [1.82, 2.24) is 10.2 Å². The van der Waals surface area contributed by atoms with Gasteiger partial charge >= 0.3 is 0 Å². The van der Waals surface area contributed by atoms with Gasteiger partial charge in [0, 0.05) is 30.1 Å². The molecular weight excluding hydrogens is 228 g/mol. The molecule has 1 aromatic rings. The van der Waals surface area contributed by atoms with Crippen molar-refractivity contribution in [2.75, 3.05) is 26.2 Å². The van der Waals surface area contributed by atoms with E-state index in [9.17, 15) is 0 Å². The minimum absolute atomic E-state index is 0.380. The highest BCUT2D eigenvalue weighted by Gasteiger charge is 2.48. The fourth-order valence-electron chi connectivity index (χ4n) is 3.58. The van der Waals surface area contributed by atoms with Crippen LogP contribution in [0.25, 0.3) is 0 Å². The van der Waals surface area contributed by atoms with Crippen LogP contribution in [0.5, 0.6) is 0 Å². The Balaban J connectivity index is 1.64. The third kappa shape index (κ3) is 2.05. The minimum atomic E-state index is 0.380. The predicted molar refractivity (Wildman–Crippen MR) is 73.5 cm³/mol. The van der Waals surface area contributed by atoms with E-state index in [4.69, 9.17) is 0 Å². The summed E-state index contributed by atoms with van der Waals surface area (Å²) in [6.45, 7) is 9.81. The lowest BCUT2D eigenvalue weighted by atomic mass is 9.85. The van der Waals surface area contributed by atoms with Crippen LogP contribution in [0.2, 0.25) is 0 Å². The van der Waals surface area contributed by atoms with E-state index in [2.05, 4.69) is 41.6 Å². The second kappa shape index (κ2) is 4.38.